The Balaban J connectivity index is 2.52. The molecule has 5 nitrogen and oxygen atoms in total. The van der Waals surface area contributed by atoms with Gasteiger partial charge < -0.3 is 20.1 Å². The van der Waals surface area contributed by atoms with Crippen LogP contribution in [0, 0.1) is 0 Å². The summed E-state index contributed by atoms with van der Waals surface area (Å²) in [4.78, 5) is 10.9. The third-order valence-electron chi connectivity index (χ3n) is 2.43. The second-order valence-electron chi connectivity index (χ2n) is 3.21. The first-order chi connectivity index (χ1) is 6.74. The topological polar surface area (TPSA) is 77.5 Å². The number of carboxylic acids is 1. The third-order valence-corrected chi connectivity index (χ3v) is 2.43. The molecule has 0 aromatic carbocycles. The molecular weight excluding hydrogens is 184 g/mol. The molecule has 1 aliphatic heterocycles. The maximum atomic E-state index is 10.9. The standard InChI is InChI=1S/C9H12N2O3/c10-4-6-3-7(9(12)13)8-5-14-2-1-11(6)8/h3H,1-2,4-5,10H2,(H,12,13). The van der Waals surface area contributed by atoms with Crippen molar-refractivity contribution in [3.8, 4) is 0 Å². The fourth-order valence-electron chi connectivity index (χ4n) is 1.76. The summed E-state index contributed by atoms with van der Waals surface area (Å²) in [6.45, 7) is 2.03. The lowest BCUT2D eigenvalue weighted by molar-refractivity contribution is 0.0660. The monoisotopic (exact) mass is 196 g/mol. The summed E-state index contributed by atoms with van der Waals surface area (Å²) >= 11 is 0. The smallest absolute Gasteiger partial charge is 0.337 e. The maximum absolute atomic E-state index is 10.9. The minimum atomic E-state index is -0.918. The minimum Gasteiger partial charge on any atom is -0.478 e. The molecule has 0 aliphatic carbocycles. The first kappa shape index (κ1) is 9.23. The molecular formula is C9H12N2O3. The van der Waals surface area contributed by atoms with E-state index in [2.05, 4.69) is 0 Å². The molecule has 0 spiro atoms. The molecule has 3 N–H and O–H groups in total. The number of rotatable bonds is 2. The van der Waals surface area contributed by atoms with E-state index < -0.39 is 5.97 Å². The van der Waals surface area contributed by atoms with E-state index in [1.807, 2.05) is 4.57 Å². The van der Waals surface area contributed by atoms with Crippen LogP contribution in [0.3, 0.4) is 0 Å². The summed E-state index contributed by atoms with van der Waals surface area (Å²) in [6.07, 6.45) is 0. The van der Waals surface area contributed by atoms with Gasteiger partial charge in [0.1, 0.15) is 0 Å². The Kier molecular flexibility index (Phi) is 2.26. The Hall–Kier alpha value is -1.33. The van der Waals surface area contributed by atoms with Crippen LogP contribution >= 0.6 is 0 Å². The Bertz CT molecular complexity index is 370. The SMILES string of the molecule is NCc1cc(C(=O)O)c2n1CCOC2. The number of aromatic nitrogens is 1. The molecule has 2 heterocycles. The van der Waals surface area contributed by atoms with Gasteiger partial charge in [0.05, 0.1) is 24.5 Å². The van der Waals surface area contributed by atoms with Crippen molar-refractivity contribution in [2.45, 2.75) is 19.7 Å². The van der Waals surface area contributed by atoms with Crippen molar-refractivity contribution in [1.82, 2.24) is 4.57 Å². The molecule has 0 amide bonds. The Morgan fingerprint density at radius 2 is 2.50 bits per heavy atom. The molecule has 1 aromatic heterocycles. The number of hydrogen-bond acceptors (Lipinski definition) is 3. The highest BCUT2D eigenvalue weighted by Crippen LogP contribution is 2.20. The molecule has 0 radical (unpaired) electrons. The fraction of sp³-hybridized carbons (Fsp3) is 0.444. The van der Waals surface area contributed by atoms with Crippen LogP contribution in [0.5, 0.6) is 0 Å². The van der Waals surface area contributed by atoms with E-state index >= 15 is 0 Å². The van der Waals surface area contributed by atoms with Gasteiger partial charge in [-0.05, 0) is 6.07 Å². The van der Waals surface area contributed by atoms with Crippen LogP contribution in [0.15, 0.2) is 6.07 Å². The number of nitrogens with zero attached hydrogens (tertiary/aromatic N) is 1. The number of fused-ring (bicyclic) bond motifs is 1. The van der Waals surface area contributed by atoms with Crippen molar-refractivity contribution in [2.75, 3.05) is 6.61 Å². The van der Waals surface area contributed by atoms with Gasteiger partial charge in [0.15, 0.2) is 0 Å². The average Bonchev–Trinajstić information content (AvgIpc) is 2.56. The highest BCUT2D eigenvalue weighted by molar-refractivity contribution is 5.89. The molecule has 0 fully saturated rings. The summed E-state index contributed by atoms with van der Waals surface area (Å²) in [7, 11) is 0. The first-order valence-corrected chi connectivity index (χ1v) is 4.46. The van der Waals surface area contributed by atoms with Gasteiger partial charge in [-0.3, -0.25) is 0 Å². The predicted molar refractivity (Wildman–Crippen MR) is 48.9 cm³/mol. The van der Waals surface area contributed by atoms with Gasteiger partial charge in [0, 0.05) is 18.8 Å². The largest absolute Gasteiger partial charge is 0.478 e. The highest BCUT2D eigenvalue weighted by atomic mass is 16.5. The predicted octanol–water partition coefficient (Wildman–Crippen LogP) is 0.175. The number of aromatic carboxylic acids is 1. The van der Waals surface area contributed by atoms with Gasteiger partial charge in [0.25, 0.3) is 0 Å². The Morgan fingerprint density at radius 1 is 1.71 bits per heavy atom. The molecule has 0 atom stereocenters. The normalized spacial score (nSPS) is 15.2. The number of hydrogen-bond donors (Lipinski definition) is 2. The van der Waals surface area contributed by atoms with Gasteiger partial charge in [-0.2, -0.15) is 0 Å². The van der Waals surface area contributed by atoms with Crippen molar-refractivity contribution in [3.05, 3.63) is 23.0 Å². The van der Waals surface area contributed by atoms with Crippen molar-refractivity contribution in [2.24, 2.45) is 5.73 Å². The van der Waals surface area contributed by atoms with Crippen LogP contribution in [-0.2, 0) is 24.4 Å². The minimum absolute atomic E-state index is 0.310. The lowest BCUT2D eigenvalue weighted by Gasteiger charge is -2.18. The lowest BCUT2D eigenvalue weighted by Crippen LogP contribution is -2.20. The van der Waals surface area contributed by atoms with E-state index in [1.54, 1.807) is 6.07 Å². The first-order valence-electron chi connectivity index (χ1n) is 4.46. The highest BCUT2D eigenvalue weighted by Gasteiger charge is 2.21. The van der Waals surface area contributed by atoms with Crippen molar-refractivity contribution < 1.29 is 14.6 Å². The third kappa shape index (κ3) is 1.30. The van der Waals surface area contributed by atoms with E-state index in [0.29, 0.717) is 31.9 Å². The van der Waals surface area contributed by atoms with Crippen molar-refractivity contribution in [1.29, 1.82) is 0 Å². The number of carboxylic acid groups (broad SMARTS) is 1. The molecule has 0 saturated heterocycles. The molecule has 0 saturated carbocycles. The summed E-state index contributed by atoms with van der Waals surface area (Å²) in [6, 6.07) is 1.63. The molecule has 2 rings (SSSR count). The zero-order valence-electron chi connectivity index (χ0n) is 7.69. The van der Waals surface area contributed by atoms with Crippen molar-refractivity contribution in [3.63, 3.8) is 0 Å². The van der Waals surface area contributed by atoms with E-state index in [9.17, 15) is 4.79 Å². The van der Waals surface area contributed by atoms with Crippen molar-refractivity contribution >= 4 is 5.97 Å². The Morgan fingerprint density at radius 3 is 3.14 bits per heavy atom. The molecule has 76 valence electrons. The molecule has 14 heavy (non-hydrogen) atoms. The molecule has 0 bridgehead atoms. The quantitative estimate of drug-likeness (QED) is 0.707. The van der Waals surface area contributed by atoms with Crippen LogP contribution < -0.4 is 5.73 Å². The van der Waals surface area contributed by atoms with Crippen LogP contribution in [-0.4, -0.2) is 22.2 Å². The number of carbonyl (C=O) groups is 1. The van der Waals surface area contributed by atoms with Crippen LogP contribution in [0.2, 0.25) is 0 Å². The van der Waals surface area contributed by atoms with Gasteiger partial charge >= 0.3 is 5.97 Å². The van der Waals surface area contributed by atoms with Gasteiger partial charge in [0.2, 0.25) is 0 Å². The average molecular weight is 196 g/mol. The molecule has 1 aromatic rings. The van der Waals surface area contributed by atoms with Gasteiger partial charge in [-0.1, -0.05) is 0 Å². The number of ether oxygens (including phenoxy) is 1. The van der Waals surface area contributed by atoms with Gasteiger partial charge in [-0.15, -0.1) is 0 Å². The van der Waals surface area contributed by atoms with E-state index in [-0.39, 0.29) is 0 Å². The summed E-state index contributed by atoms with van der Waals surface area (Å²) in [5.74, 6) is -0.918. The van der Waals surface area contributed by atoms with E-state index in [4.69, 9.17) is 15.6 Å². The van der Waals surface area contributed by atoms with Crippen LogP contribution in [0.25, 0.3) is 0 Å². The van der Waals surface area contributed by atoms with Gasteiger partial charge in [-0.25, -0.2) is 4.79 Å². The zero-order chi connectivity index (χ0) is 10.1. The molecule has 5 heteroatoms. The summed E-state index contributed by atoms with van der Waals surface area (Å²) in [5, 5.41) is 8.94. The zero-order valence-corrected chi connectivity index (χ0v) is 7.69. The van der Waals surface area contributed by atoms with Crippen LogP contribution in [0.4, 0.5) is 0 Å². The second kappa shape index (κ2) is 3.43. The molecule has 1 aliphatic rings. The van der Waals surface area contributed by atoms with E-state index in [0.717, 1.165) is 11.4 Å². The second-order valence-corrected chi connectivity index (χ2v) is 3.21. The maximum Gasteiger partial charge on any atom is 0.337 e. The van der Waals surface area contributed by atoms with E-state index in [1.165, 1.54) is 0 Å². The Labute approximate surface area is 81.1 Å². The summed E-state index contributed by atoms with van der Waals surface area (Å²) < 4.78 is 7.16. The summed E-state index contributed by atoms with van der Waals surface area (Å²) in [5.41, 5.74) is 7.43. The fourth-order valence-corrected chi connectivity index (χ4v) is 1.76. The number of nitrogens with two attached hydrogens (primary N) is 1. The molecule has 0 unspecified atom stereocenters. The lowest BCUT2D eigenvalue weighted by atomic mass is 10.2. The van der Waals surface area contributed by atoms with Crippen LogP contribution in [0.1, 0.15) is 21.7 Å².